The summed E-state index contributed by atoms with van der Waals surface area (Å²) in [5.74, 6) is 0.235. The van der Waals surface area contributed by atoms with Crippen molar-refractivity contribution in [1.82, 2.24) is 9.80 Å². The van der Waals surface area contributed by atoms with E-state index in [4.69, 9.17) is 4.74 Å². The molecule has 1 aromatic rings. The number of hydrogen-bond donors (Lipinski definition) is 0. The maximum absolute atomic E-state index is 12.6. The first kappa shape index (κ1) is 15.5. The number of carbonyl (C=O) groups excluding carboxylic acids is 1. The van der Waals surface area contributed by atoms with Crippen LogP contribution in [0.5, 0.6) is 0 Å². The standard InChI is InChI=1S/C18H26N2O2/c1-19(2)15-7-10-20(11-8-15)18(21)13-17-16-6-4-3-5-14(16)9-12-22-17/h3-6,15,17H,7-13H2,1-2H3/t17-/m0/s1. The van der Waals surface area contributed by atoms with Gasteiger partial charge < -0.3 is 14.5 Å². The summed E-state index contributed by atoms with van der Waals surface area (Å²) in [7, 11) is 4.24. The zero-order valence-corrected chi connectivity index (χ0v) is 13.6. The number of likely N-dealkylation sites (tertiary alicyclic amines) is 1. The fraction of sp³-hybridized carbons (Fsp3) is 0.611. The molecule has 2 aliphatic heterocycles. The molecule has 2 aliphatic rings. The van der Waals surface area contributed by atoms with Crippen LogP contribution in [0.3, 0.4) is 0 Å². The lowest BCUT2D eigenvalue weighted by molar-refractivity contribution is -0.136. The highest BCUT2D eigenvalue weighted by Crippen LogP contribution is 2.30. The Bertz CT molecular complexity index is 522. The summed E-state index contributed by atoms with van der Waals surface area (Å²) in [6.45, 7) is 2.46. The van der Waals surface area contributed by atoms with Crippen molar-refractivity contribution in [1.29, 1.82) is 0 Å². The van der Waals surface area contributed by atoms with E-state index in [9.17, 15) is 4.79 Å². The van der Waals surface area contributed by atoms with Gasteiger partial charge in [-0.25, -0.2) is 0 Å². The van der Waals surface area contributed by atoms with Gasteiger partial charge >= 0.3 is 0 Å². The monoisotopic (exact) mass is 302 g/mol. The lowest BCUT2D eigenvalue weighted by atomic mass is 9.95. The van der Waals surface area contributed by atoms with Crippen molar-refractivity contribution in [2.75, 3.05) is 33.8 Å². The molecule has 0 N–H and O–H groups in total. The Morgan fingerprint density at radius 3 is 2.73 bits per heavy atom. The molecule has 2 heterocycles. The minimum Gasteiger partial charge on any atom is -0.373 e. The second-order valence-electron chi connectivity index (χ2n) is 6.59. The van der Waals surface area contributed by atoms with Crippen LogP contribution in [-0.4, -0.2) is 55.5 Å². The predicted molar refractivity (Wildman–Crippen MR) is 86.7 cm³/mol. The van der Waals surface area contributed by atoms with Crippen LogP contribution in [0.1, 0.15) is 36.5 Å². The Hall–Kier alpha value is -1.39. The highest BCUT2D eigenvalue weighted by molar-refractivity contribution is 5.77. The number of rotatable bonds is 3. The van der Waals surface area contributed by atoms with E-state index in [1.165, 1.54) is 11.1 Å². The first-order chi connectivity index (χ1) is 10.6. The second kappa shape index (κ2) is 6.80. The number of nitrogens with zero attached hydrogens (tertiary/aromatic N) is 2. The first-order valence-corrected chi connectivity index (χ1v) is 8.29. The summed E-state index contributed by atoms with van der Waals surface area (Å²) in [6.07, 6.45) is 3.50. The van der Waals surface area contributed by atoms with Gasteiger partial charge in [-0.3, -0.25) is 4.79 Å². The molecule has 4 heteroatoms. The summed E-state index contributed by atoms with van der Waals surface area (Å²) in [5, 5.41) is 0. The van der Waals surface area contributed by atoms with Crippen LogP contribution < -0.4 is 0 Å². The van der Waals surface area contributed by atoms with E-state index in [2.05, 4.69) is 37.2 Å². The lowest BCUT2D eigenvalue weighted by Gasteiger charge is -2.36. The second-order valence-corrected chi connectivity index (χ2v) is 6.59. The molecule has 0 aromatic heterocycles. The molecule has 3 rings (SSSR count). The Morgan fingerprint density at radius 2 is 2.00 bits per heavy atom. The predicted octanol–water partition coefficient (Wildman–Crippen LogP) is 2.24. The molecule has 1 aromatic carbocycles. The largest absolute Gasteiger partial charge is 0.373 e. The van der Waals surface area contributed by atoms with Crippen LogP contribution in [0.2, 0.25) is 0 Å². The van der Waals surface area contributed by atoms with E-state index in [1.54, 1.807) is 0 Å². The highest BCUT2D eigenvalue weighted by atomic mass is 16.5. The van der Waals surface area contributed by atoms with Crippen LogP contribution in [0.25, 0.3) is 0 Å². The molecule has 1 saturated heterocycles. The van der Waals surface area contributed by atoms with Crippen molar-refractivity contribution >= 4 is 5.91 Å². The minimum absolute atomic E-state index is 0.0657. The van der Waals surface area contributed by atoms with Gasteiger partial charge in [-0.05, 0) is 44.5 Å². The lowest BCUT2D eigenvalue weighted by Crippen LogP contribution is -2.44. The van der Waals surface area contributed by atoms with Crippen LogP contribution >= 0.6 is 0 Å². The zero-order chi connectivity index (χ0) is 15.5. The first-order valence-electron chi connectivity index (χ1n) is 8.29. The van der Waals surface area contributed by atoms with E-state index in [1.807, 2.05) is 11.0 Å². The molecule has 0 unspecified atom stereocenters. The topological polar surface area (TPSA) is 32.8 Å². The van der Waals surface area contributed by atoms with Crippen molar-refractivity contribution < 1.29 is 9.53 Å². The molecule has 1 atom stereocenters. The molecule has 0 spiro atoms. The molecule has 120 valence electrons. The molecule has 0 bridgehead atoms. The van der Waals surface area contributed by atoms with Crippen LogP contribution in [0.4, 0.5) is 0 Å². The van der Waals surface area contributed by atoms with Gasteiger partial charge in [-0.2, -0.15) is 0 Å². The quantitative estimate of drug-likeness (QED) is 0.858. The number of benzene rings is 1. The number of carbonyl (C=O) groups is 1. The van der Waals surface area contributed by atoms with Crippen LogP contribution in [0, 0.1) is 0 Å². The number of ether oxygens (including phenoxy) is 1. The average Bonchev–Trinajstić information content (AvgIpc) is 2.55. The molecule has 0 saturated carbocycles. The fourth-order valence-electron chi connectivity index (χ4n) is 3.57. The van der Waals surface area contributed by atoms with Crippen molar-refractivity contribution in [2.24, 2.45) is 0 Å². The van der Waals surface area contributed by atoms with Gasteiger partial charge in [0.2, 0.25) is 5.91 Å². The van der Waals surface area contributed by atoms with E-state index >= 15 is 0 Å². The molecule has 0 aliphatic carbocycles. The van der Waals surface area contributed by atoms with Gasteiger partial charge in [0.15, 0.2) is 0 Å². The van der Waals surface area contributed by atoms with Gasteiger partial charge in [0, 0.05) is 19.1 Å². The highest BCUT2D eigenvalue weighted by Gasteiger charge is 2.28. The van der Waals surface area contributed by atoms with Crippen molar-refractivity contribution in [3.05, 3.63) is 35.4 Å². The molecule has 1 fully saturated rings. The molecule has 22 heavy (non-hydrogen) atoms. The minimum atomic E-state index is -0.0657. The molecule has 1 amide bonds. The van der Waals surface area contributed by atoms with E-state index in [0.717, 1.165) is 39.0 Å². The van der Waals surface area contributed by atoms with Gasteiger partial charge in [-0.1, -0.05) is 24.3 Å². The Morgan fingerprint density at radius 1 is 1.27 bits per heavy atom. The van der Waals surface area contributed by atoms with Gasteiger partial charge in [0.25, 0.3) is 0 Å². The average molecular weight is 302 g/mol. The number of hydrogen-bond acceptors (Lipinski definition) is 3. The summed E-state index contributed by atoms with van der Waals surface area (Å²) in [6, 6.07) is 8.96. The van der Waals surface area contributed by atoms with Crippen molar-refractivity contribution in [3.8, 4) is 0 Å². The third-order valence-electron chi connectivity index (χ3n) is 5.00. The fourth-order valence-corrected chi connectivity index (χ4v) is 3.57. The maximum atomic E-state index is 12.6. The van der Waals surface area contributed by atoms with Gasteiger partial charge in [0.1, 0.15) is 0 Å². The molecule has 0 radical (unpaired) electrons. The SMILES string of the molecule is CN(C)C1CCN(C(=O)C[C@@H]2OCCc3ccccc32)CC1. The smallest absolute Gasteiger partial charge is 0.225 e. The van der Waals surface area contributed by atoms with Gasteiger partial charge in [-0.15, -0.1) is 0 Å². The summed E-state index contributed by atoms with van der Waals surface area (Å²) < 4.78 is 5.87. The third kappa shape index (κ3) is 3.33. The van der Waals surface area contributed by atoms with E-state index in [0.29, 0.717) is 12.5 Å². The summed E-state index contributed by atoms with van der Waals surface area (Å²) in [5.41, 5.74) is 2.53. The third-order valence-corrected chi connectivity index (χ3v) is 5.00. The van der Waals surface area contributed by atoms with Crippen molar-refractivity contribution in [2.45, 2.75) is 37.8 Å². The van der Waals surface area contributed by atoms with Crippen molar-refractivity contribution in [3.63, 3.8) is 0 Å². The molecular formula is C18H26N2O2. The number of piperidine rings is 1. The summed E-state index contributed by atoms with van der Waals surface area (Å²) in [4.78, 5) is 16.9. The molecular weight excluding hydrogens is 276 g/mol. The number of fused-ring (bicyclic) bond motifs is 1. The van der Waals surface area contributed by atoms with Gasteiger partial charge in [0.05, 0.1) is 19.1 Å². The normalized spacial score (nSPS) is 22.7. The summed E-state index contributed by atoms with van der Waals surface area (Å²) >= 11 is 0. The Labute approximate surface area is 133 Å². The van der Waals surface area contributed by atoms with Crippen LogP contribution in [0.15, 0.2) is 24.3 Å². The Kier molecular flexibility index (Phi) is 4.79. The number of amides is 1. The zero-order valence-electron chi connectivity index (χ0n) is 13.6. The molecule has 4 nitrogen and oxygen atoms in total. The maximum Gasteiger partial charge on any atom is 0.225 e. The van der Waals surface area contributed by atoms with Crippen LogP contribution in [-0.2, 0) is 16.0 Å². The van der Waals surface area contributed by atoms with E-state index in [-0.39, 0.29) is 12.0 Å². The Balaban J connectivity index is 1.59. The van der Waals surface area contributed by atoms with E-state index < -0.39 is 0 Å².